The highest BCUT2D eigenvalue weighted by molar-refractivity contribution is 7.21. The number of nitrogens with one attached hydrogen (secondary N) is 1. The van der Waals surface area contributed by atoms with E-state index in [9.17, 15) is 13.6 Å². The molecular weight excluding hydrogens is 378 g/mol. The summed E-state index contributed by atoms with van der Waals surface area (Å²) in [5.41, 5.74) is 0.712. The normalized spacial score (nSPS) is 11.2. The fraction of sp³-hybridized carbons (Fsp3) is 0.111. The number of aryl methyl sites for hydroxylation is 1. The van der Waals surface area contributed by atoms with Crippen LogP contribution in [0.5, 0.6) is 5.75 Å². The molecule has 2 aromatic heterocycles. The number of thiazole rings is 1. The Morgan fingerprint density at radius 1 is 1.27 bits per heavy atom. The number of nitrogens with zero attached hydrogens (tertiary/aromatic N) is 1. The lowest BCUT2D eigenvalue weighted by Gasteiger charge is -2.09. The van der Waals surface area contributed by atoms with Crippen molar-refractivity contribution in [2.45, 2.75) is 6.92 Å². The van der Waals surface area contributed by atoms with Crippen LogP contribution in [0.3, 0.4) is 0 Å². The van der Waals surface area contributed by atoms with Crippen LogP contribution >= 0.6 is 22.7 Å². The number of thiophene rings is 1. The number of fused-ring (bicyclic) bond motifs is 3. The summed E-state index contributed by atoms with van der Waals surface area (Å²) in [6, 6.07) is 6.64. The first-order valence-corrected chi connectivity index (χ1v) is 9.36. The van der Waals surface area contributed by atoms with E-state index in [0.29, 0.717) is 5.75 Å². The summed E-state index contributed by atoms with van der Waals surface area (Å²) < 4.78 is 34.4. The highest BCUT2D eigenvalue weighted by Crippen LogP contribution is 2.38. The zero-order valence-electron chi connectivity index (χ0n) is 13.5. The van der Waals surface area contributed by atoms with Crippen LogP contribution in [-0.2, 0) is 4.79 Å². The number of ether oxygens (including phenoxy) is 1. The fourth-order valence-corrected chi connectivity index (χ4v) is 4.46. The van der Waals surface area contributed by atoms with Gasteiger partial charge in [-0.3, -0.25) is 4.79 Å². The van der Waals surface area contributed by atoms with Crippen molar-refractivity contribution in [3.8, 4) is 5.75 Å². The Hall–Kier alpha value is -2.58. The first-order valence-electron chi connectivity index (χ1n) is 7.66. The van der Waals surface area contributed by atoms with Gasteiger partial charge in [-0.25, -0.2) is 13.8 Å². The van der Waals surface area contributed by atoms with Gasteiger partial charge in [-0.2, -0.15) is 0 Å². The van der Waals surface area contributed by atoms with Gasteiger partial charge in [0, 0.05) is 17.5 Å². The Morgan fingerprint density at radius 3 is 2.96 bits per heavy atom. The summed E-state index contributed by atoms with van der Waals surface area (Å²) in [6.45, 7) is 1.62. The molecule has 0 saturated heterocycles. The Bertz CT molecular complexity index is 1140. The third-order valence-corrected chi connectivity index (χ3v) is 5.57. The molecule has 0 spiro atoms. The lowest BCUT2D eigenvalue weighted by atomic mass is 10.2. The summed E-state index contributed by atoms with van der Waals surface area (Å²) in [5.74, 6) is -1.35. The molecule has 0 aliphatic heterocycles. The Morgan fingerprint density at radius 2 is 2.12 bits per heavy atom. The van der Waals surface area contributed by atoms with E-state index in [0.717, 1.165) is 43.5 Å². The molecule has 1 N–H and O–H groups in total. The Labute approximate surface area is 155 Å². The van der Waals surface area contributed by atoms with Gasteiger partial charge in [0.2, 0.25) is 0 Å². The molecule has 0 unspecified atom stereocenters. The van der Waals surface area contributed by atoms with Crippen molar-refractivity contribution in [2.24, 2.45) is 0 Å². The van der Waals surface area contributed by atoms with Crippen molar-refractivity contribution in [3.63, 3.8) is 0 Å². The van der Waals surface area contributed by atoms with Gasteiger partial charge < -0.3 is 10.1 Å². The minimum absolute atomic E-state index is 0.215. The summed E-state index contributed by atoms with van der Waals surface area (Å²) >= 11 is 3.11. The van der Waals surface area contributed by atoms with Gasteiger partial charge in [-0.1, -0.05) is 0 Å². The number of hydrogen-bond acceptors (Lipinski definition) is 5. The molecule has 0 aliphatic rings. The van der Waals surface area contributed by atoms with E-state index in [1.807, 2.05) is 24.4 Å². The maximum absolute atomic E-state index is 13.6. The minimum atomic E-state index is -0.707. The molecule has 0 fully saturated rings. The lowest BCUT2D eigenvalue weighted by Crippen LogP contribution is -2.21. The maximum atomic E-state index is 13.6. The van der Waals surface area contributed by atoms with Crippen LogP contribution in [0.25, 0.3) is 20.3 Å². The molecule has 0 bridgehead atoms. The van der Waals surface area contributed by atoms with E-state index in [1.165, 1.54) is 0 Å². The van der Waals surface area contributed by atoms with Crippen LogP contribution in [0, 0.1) is 18.6 Å². The number of carbonyl (C=O) groups is 1. The number of anilines is 1. The number of aromatic nitrogens is 1. The van der Waals surface area contributed by atoms with Gasteiger partial charge >= 0.3 is 0 Å². The molecule has 4 aromatic rings. The topological polar surface area (TPSA) is 51.2 Å². The van der Waals surface area contributed by atoms with Crippen molar-refractivity contribution in [3.05, 3.63) is 52.4 Å². The number of carbonyl (C=O) groups excluding carboxylic acids is 1. The molecule has 2 aromatic carbocycles. The third kappa shape index (κ3) is 3.13. The van der Waals surface area contributed by atoms with Crippen molar-refractivity contribution in [2.75, 3.05) is 11.9 Å². The second kappa shape index (κ2) is 6.62. The predicted molar refractivity (Wildman–Crippen MR) is 100 cm³/mol. The second-order valence-corrected chi connectivity index (χ2v) is 7.73. The Balaban J connectivity index is 1.56. The van der Waals surface area contributed by atoms with Crippen LogP contribution in [-0.4, -0.2) is 17.5 Å². The van der Waals surface area contributed by atoms with Gasteiger partial charge in [0.25, 0.3) is 5.91 Å². The third-order valence-electron chi connectivity index (χ3n) is 3.73. The lowest BCUT2D eigenvalue weighted by molar-refractivity contribution is -0.118. The second-order valence-electron chi connectivity index (χ2n) is 5.58. The molecule has 132 valence electrons. The van der Waals surface area contributed by atoms with Gasteiger partial charge in [-0.05, 0) is 30.5 Å². The largest absolute Gasteiger partial charge is 0.483 e. The standard InChI is InChI=1S/C18H12F2N2O2S2/c1-9-21-17-15(26-9)7-14(11-4-5-25-18(11)17)24-8-16(23)22-13-6-10(19)2-3-12(13)20/h2-7H,8H2,1H3,(H,22,23). The highest BCUT2D eigenvalue weighted by Gasteiger charge is 2.14. The smallest absolute Gasteiger partial charge is 0.262 e. The summed E-state index contributed by atoms with van der Waals surface area (Å²) in [7, 11) is 0. The molecular formula is C18H12F2N2O2S2. The molecule has 26 heavy (non-hydrogen) atoms. The molecule has 1 amide bonds. The van der Waals surface area contributed by atoms with Crippen LogP contribution < -0.4 is 10.1 Å². The molecule has 2 heterocycles. The van der Waals surface area contributed by atoms with Crippen molar-refractivity contribution >= 4 is 54.6 Å². The molecule has 0 saturated carbocycles. The molecule has 0 aliphatic carbocycles. The van der Waals surface area contributed by atoms with Crippen molar-refractivity contribution in [1.29, 1.82) is 0 Å². The predicted octanol–water partition coefficient (Wildman–Crippen LogP) is 5.12. The summed E-state index contributed by atoms with van der Waals surface area (Å²) in [6.07, 6.45) is 0. The number of hydrogen-bond donors (Lipinski definition) is 1. The van der Waals surface area contributed by atoms with Gasteiger partial charge in [0.15, 0.2) is 6.61 Å². The zero-order valence-corrected chi connectivity index (χ0v) is 15.1. The minimum Gasteiger partial charge on any atom is -0.483 e. The number of rotatable bonds is 4. The average molecular weight is 390 g/mol. The van der Waals surface area contributed by atoms with Gasteiger partial charge in [0.1, 0.15) is 17.4 Å². The molecule has 4 rings (SSSR count). The zero-order chi connectivity index (χ0) is 18.3. The van der Waals surface area contributed by atoms with Gasteiger partial charge in [-0.15, -0.1) is 22.7 Å². The van der Waals surface area contributed by atoms with E-state index >= 15 is 0 Å². The maximum Gasteiger partial charge on any atom is 0.262 e. The van der Waals surface area contributed by atoms with E-state index in [1.54, 1.807) is 22.7 Å². The number of benzene rings is 2. The van der Waals surface area contributed by atoms with Crippen molar-refractivity contribution in [1.82, 2.24) is 4.98 Å². The molecule has 0 radical (unpaired) electrons. The molecule has 4 nitrogen and oxygen atoms in total. The SMILES string of the molecule is Cc1nc2c(cc(OCC(=O)Nc3cc(F)ccc3F)c3ccsc32)s1. The first kappa shape index (κ1) is 16.9. The monoisotopic (exact) mass is 390 g/mol. The molecule has 0 atom stereocenters. The van der Waals surface area contributed by atoms with E-state index in [4.69, 9.17) is 4.74 Å². The summed E-state index contributed by atoms with van der Waals surface area (Å²) in [4.78, 5) is 16.6. The van der Waals surface area contributed by atoms with Crippen LogP contribution in [0.15, 0.2) is 35.7 Å². The Kier molecular flexibility index (Phi) is 4.29. The fourth-order valence-electron chi connectivity index (χ4n) is 2.63. The molecule has 8 heteroatoms. The van der Waals surface area contributed by atoms with Crippen LogP contribution in [0.1, 0.15) is 5.01 Å². The highest BCUT2D eigenvalue weighted by atomic mass is 32.1. The van der Waals surface area contributed by atoms with E-state index < -0.39 is 17.5 Å². The van der Waals surface area contributed by atoms with Crippen LogP contribution in [0.4, 0.5) is 14.5 Å². The quantitative estimate of drug-likeness (QED) is 0.526. The average Bonchev–Trinajstić information content (AvgIpc) is 3.21. The number of halogens is 2. The summed E-state index contributed by atoms with van der Waals surface area (Å²) in [5, 5.41) is 6.08. The van der Waals surface area contributed by atoms with E-state index in [2.05, 4.69) is 10.3 Å². The van der Waals surface area contributed by atoms with Gasteiger partial charge in [0.05, 0.1) is 25.6 Å². The van der Waals surface area contributed by atoms with Crippen molar-refractivity contribution < 1.29 is 18.3 Å². The van der Waals surface area contributed by atoms with Crippen LogP contribution in [0.2, 0.25) is 0 Å². The first-order chi connectivity index (χ1) is 12.5. The number of amides is 1. The van der Waals surface area contributed by atoms with E-state index in [-0.39, 0.29) is 12.3 Å².